The second-order valence-electron chi connectivity index (χ2n) is 4.77. The summed E-state index contributed by atoms with van der Waals surface area (Å²) >= 11 is 0. The highest BCUT2D eigenvalue weighted by Crippen LogP contribution is 2.15. The molecular formula is C16H14FN3O. The fourth-order valence-corrected chi connectivity index (χ4v) is 2.22. The lowest BCUT2D eigenvalue weighted by Crippen LogP contribution is -2.25. The lowest BCUT2D eigenvalue weighted by molar-refractivity contribution is 0.0955. The van der Waals surface area contributed by atoms with Crippen molar-refractivity contribution < 1.29 is 9.18 Å². The van der Waals surface area contributed by atoms with E-state index in [-0.39, 0.29) is 11.7 Å². The molecule has 3 aromatic rings. The molecule has 0 bridgehead atoms. The van der Waals surface area contributed by atoms with Gasteiger partial charge in [-0.2, -0.15) is 5.10 Å². The first-order valence-electron chi connectivity index (χ1n) is 6.69. The van der Waals surface area contributed by atoms with E-state index in [4.69, 9.17) is 0 Å². The van der Waals surface area contributed by atoms with E-state index in [0.29, 0.717) is 18.5 Å². The number of carbonyl (C=O) groups is 1. The van der Waals surface area contributed by atoms with Gasteiger partial charge in [-0.3, -0.25) is 9.89 Å². The number of para-hydroxylation sites is 1. The number of rotatable bonds is 4. The summed E-state index contributed by atoms with van der Waals surface area (Å²) < 4.78 is 12.8. The van der Waals surface area contributed by atoms with E-state index in [1.807, 2.05) is 12.1 Å². The zero-order valence-electron chi connectivity index (χ0n) is 11.3. The summed E-state index contributed by atoms with van der Waals surface area (Å²) in [5.74, 6) is -0.402. The zero-order valence-corrected chi connectivity index (χ0v) is 11.3. The Morgan fingerprint density at radius 3 is 2.81 bits per heavy atom. The zero-order chi connectivity index (χ0) is 14.7. The molecule has 21 heavy (non-hydrogen) atoms. The summed E-state index contributed by atoms with van der Waals surface area (Å²) in [6.45, 7) is 0.495. The van der Waals surface area contributed by atoms with Gasteiger partial charge in [0.15, 0.2) is 0 Å². The van der Waals surface area contributed by atoms with E-state index in [1.165, 1.54) is 12.1 Å². The quantitative estimate of drug-likeness (QED) is 0.773. The van der Waals surface area contributed by atoms with E-state index in [9.17, 15) is 9.18 Å². The van der Waals surface area contributed by atoms with E-state index in [2.05, 4.69) is 15.5 Å². The number of fused-ring (bicyclic) bond motifs is 1. The number of aromatic nitrogens is 2. The number of nitrogens with zero attached hydrogens (tertiary/aromatic N) is 1. The molecule has 0 radical (unpaired) electrons. The lowest BCUT2D eigenvalue weighted by atomic mass is 10.1. The maximum absolute atomic E-state index is 12.8. The number of aromatic amines is 1. The molecule has 1 aromatic heterocycles. The van der Waals surface area contributed by atoms with Crippen LogP contribution in [0.2, 0.25) is 0 Å². The van der Waals surface area contributed by atoms with Crippen molar-refractivity contribution in [1.29, 1.82) is 0 Å². The Balaban J connectivity index is 1.64. The number of amides is 1. The molecule has 4 nitrogen and oxygen atoms in total. The molecule has 0 saturated heterocycles. The lowest BCUT2D eigenvalue weighted by Gasteiger charge is -2.06. The Morgan fingerprint density at radius 1 is 1.19 bits per heavy atom. The highest BCUT2D eigenvalue weighted by atomic mass is 19.1. The van der Waals surface area contributed by atoms with Crippen LogP contribution in [0.25, 0.3) is 10.9 Å². The summed E-state index contributed by atoms with van der Waals surface area (Å²) in [6.07, 6.45) is 2.34. The van der Waals surface area contributed by atoms with Crippen LogP contribution in [0.5, 0.6) is 0 Å². The molecule has 0 aliphatic carbocycles. The van der Waals surface area contributed by atoms with Crippen LogP contribution in [0.3, 0.4) is 0 Å². The number of halogens is 1. The van der Waals surface area contributed by atoms with Crippen LogP contribution >= 0.6 is 0 Å². The largest absolute Gasteiger partial charge is 0.352 e. The number of nitrogens with one attached hydrogen (secondary N) is 2. The van der Waals surface area contributed by atoms with Crippen molar-refractivity contribution in [2.45, 2.75) is 6.42 Å². The number of H-pyrrole nitrogens is 1. The molecule has 0 aliphatic rings. The summed E-state index contributed by atoms with van der Waals surface area (Å²) in [4.78, 5) is 12.2. The Labute approximate surface area is 121 Å². The van der Waals surface area contributed by atoms with Crippen molar-refractivity contribution in [3.63, 3.8) is 0 Å². The van der Waals surface area contributed by atoms with Crippen LogP contribution in [0.1, 0.15) is 15.9 Å². The van der Waals surface area contributed by atoms with Gasteiger partial charge in [0.1, 0.15) is 5.82 Å². The Bertz CT molecular complexity index is 765. The molecule has 5 heteroatoms. The molecule has 1 heterocycles. The predicted octanol–water partition coefficient (Wildman–Crippen LogP) is 2.67. The van der Waals surface area contributed by atoms with Gasteiger partial charge in [-0.1, -0.05) is 24.3 Å². The SMILES string of the molecule is O=C(NCCc1ccc(F)cc1)c1cccc2cn[nH]c12. The van der Waals surface area contributed by atoms with Crippen molar-refractivity contribution in [3.05, 3.63) is 65.6 Å². The summed E-state index contributed by atoms with van der Waals surface area (Å²) in [7, 11) is 0. The predicted molar refractivity (Wildman–Crippen MR) is 78.5 cm³/mol. The van der Waals surface area contributed by atoms with Crippen LogP contribution in [-0.2, 0) is 6.42 Å². The minimum atomic E-state index is -0.256. The summed E-state index contributed by atoms with van der Waals surface area (Å²) in [5.41, 5.74) is 2.29. The van der Waals surface area contributed by atoms with Crippen LogP contribution in [0.15, 0.2) is 48.7 Å². The minimum Gasteiger partial charge on any atom is -0.352 e. The summed E-state index contributed by atoms with van der Waals surface area (Å²) in [5, 5.41) is 10.5. The second-order valence-corrected chi connectivity index (χ2v) is 4.77. The smallest absolute Gasteiger partial charge is 0.253 e. The van der Waals surface area contributed by atoms with Gasteiger partial charge < -0.3 is 5.32 Å². The Kier molecular flexibility index (Phi) is 3.64. The first kappa shape index (κ1) is 13.3. The number of benzene rings is 2. The van der Waals surface area contributed by atoms with Crippen molar-refractivity contribution >= 4 is 16.8 Å². The van der Waals surface area contributed by atoms with Gasteiger partial charge in [0, 0.05) is 11.9 Å². The molecular weight excluding hydrogens is 269 g/mol. The molecule has 0 atom stereocenters. The van der Waals surface area contributed by atoms with Gasteiger partial charge in [-0.15, -0.1) is 0 Å². The number of hydrogen-bond donors (Lipinski definition) is 2. The molecule has 2 aromatic carbocycles. The Morgan fingerprint density at radius 2 is 2.00 bits per heavy atom. The first-order chi connectivity index (χ1) is 10.2. The van der Waals surface area contributed by atoms with Gasteiger partial charge in [-0.25, -0.2) is 4.39 Å². The standard InChI is InChI=1S/C16H14FN3O/c17-13-6-4-11(5-7-13)8-9-18-16(21)14-3-1-2-12-10-19-20-15(12)14/h1-7,10H,8-9H2,(H,18,21)(H,19,20). The molecule has 0 spiro atoms. The minimum absolute atomic E-state index is 0.146. The van der Waals surface area contributed by atoms with Crippen LogP contribution in [0, 0.1) is 5.82 Å². The van der Waals surface area contributed by atoms with Gasteiger partial charge in [-0.05, 0) is 30.2 Å². The van der Waals surface area contributed by atoms with E-state index in [1.54, 1.807) is 24.4 Å². The first-order valence-corrected chi connectivity index (χ1v) is 6.69. The second kappa shape index (κ2) is 5.75. The fraction of sp³-hybridized carbons (Fsp3) is 0.125. The van der Waals surface area contributed by atoms with Crippen LogP contribution in [0.4, 0.5) is 4.39 Å². The van der Waals surface area contributed by atoms with Gasteiger partial charge in [0.05, 0.1) is 17.3 Å². The highest BCUT2D eigenvalue weighted by Gasteiger charge is 2.10. The third kappa shape index (κ3) is 2.91. The van der Waals surface area contributed by atoms with Crippen molar-refractivity contribution in [2.75, 3.05) is 6.54 Å². The highest BCUT2D eigenvalue weighted by molar-refractivity contribution is 6.05. The van der Waals surface area contributed by atoms with E-state index in [0.717, 1.165) is 16.5 Å². The number of carbonyl (C=O) groups excluding carboxylic acids is 1. The normalized spacial score (nSPS) is 10.7. The van der Waals surface area contributed by atoms with Crippen LogP contribution < -0.4 is 5.32 Å². The van der Waals surface area contributed by atoms with Crippen molar-refractivity contribution in [2.24, 2.45) is 0 Å². The molecule has 3 rings (SSSR count). The molecule has 2 N–H and O–H groups in total. The van der Waals surface area contributed by atoms with E-state index < -0.39 is 0 Å². The molecule has 106 valence electrons. The average molecular weight is 283 g/mol. The van der Waals surface area contributed by atoms with Gasteiger partial charge in [0.2, 0.25) is 0 Å². The summed E-state index contributed by atoms with van der Waals surface area (Å²) in [6, 6.07) is 11.8. The monoisotopic (exact) mass is 283 g/mol. The molecule has 1 amide bonds. The average Bonchev–Trinajstić information content (AvgIpc) is 2.97. The number of hydrogen-bond acceptors (Lipinski definition) is 2. The fourth-order valence-electron chi connectivity index (χ4n) is 2.22. The topological polar surface area (TPSA) is 57.8 Å². The maximum Gasteiger partial charge on any atom is 0.253 e. The van der Waals surface area contributed by atoms with E-state index >= 15 is 0 Å². The van der Waals surface area contributed by atoms with Gasteiger partial charge >= 0.3 is 0 Å². The van der Waals surface area contributed by atoms with Crippen molar-refractivity contribution in [3.8, 4) is 0 Å². The third-order valence-corrected chi connectivity index (χ3v) is 3.33. The molecule has 0 unspecified atom stereocenters. The Hall–Kier alpha value is -2.69. The van der Waals surface area contributed by atoms with Gasteiger partial charge in [0.25, 0.3) is 5.91 Å². The van der Waals surface area contributed by atoms with Crippen LogP contribution in [-0.4, -0.2) is 22.6 Å². The molecule has 0 saturated carbocycles. The third-order valence-electron chi connectivity index (χ3n) is 3.33. The molecule has 0 fully saturated rings. The maximum atomic E-state index is 12.8. The molecule has 0 aliphatic heterocycles. The van der Waals surface area contributed by atoms with Crippen molar-refractivity contribution in [1.82, 2.24) is 15.5 Å².